The van der Waals surface area contributed by atoms with Crippen molar-refractivity contribution in [1.82, 2.24) is 5.32 Å². The Bertz CT molecular complexity index is 419. The van der Waals surface area contributed by atoms with Crippen LogP contribution in [-0.2, 0) is 0 Å². The highest BCUT2D eigenvalue weighted by Crippen LogP contribution is 2.38. The number of fused-ring (bicyclic) bond motifs is 1. The molecule has 0 fully saturated rings. The molecular formula is C17H27NO2. The lowest BCUT2D eigenvalue weighted by Gasteiger charge is -2.33. The van der Waals surface area contributed by atoms with E-state index in [2.05, 4.69) is 25.2 Å². The fourth-order valence-electron chi connectivity index (χ4n) is 2.89. The highest BCUT2D eigenvalue weighted by molar-refractivity contribution is 5.43. The molecule has 0 radical (unpaired) electrons. The topological polar surface area (TPSA) is 30.5 Å². The second-order valence-corrected chi connectivity index (χ2v) is 5.49. The SMILES string of the molecule is CCCCCC1CC(NCC)c2cc(OC)ccc2O1. The number of hydrogen-bond acceptors (Lipinski definition) is 3. The van der Waals surface area contributed by atoms with Crippen molar-refractivity contribution in [3.8, 4) is 11.5 Å². The van der Waals surface area contributed by atoms with Gasteiger partial charge in [-0.1, -0.05) is 26.7 Å². The van der Waals surface area contributed by atoms with Crippen molar-refractivity contribution in [3.05, 3.63) is 23.8 Å². The maximum Gasteiger partial charge on any atom is 0.124 e. The number of nitrogens with one attached hydrogen (secondary N) is 1. The van der Waals surface area contributed by atoms with Crippen LogP contribution in [-0.4, -0.2) is 19.8 Å². The molecule has 1 aromatic rings. The summed E-state index contributed by atoms with van der Waals surface area (Å²) in [4.78, 5) is 0. The van der Waals surface area contributed by atoms with Crippen molar-refractivity contribution < 1.29 is 9.47 Å². The van der Waals surface area contributed by atoms with Crippen molar-refractivity contribution in [2.75, 3.05) is 13.7 Å². The zero-order valence-electron chi connectivity index (χ0n) is 12.9. The molecule has 2 rings (SSSR count). The molecule has 0 bridgehead atoms. The van der Waals surface area contributed by atoms with Crippen LogP contribution in [0.1, 0.15) is 57.6 Å². The average molecular weight is 277 g/mol. The Morgan fingerprint density at radius 1 is 1.30 bits per heavy atom. The molecule has 112 valence electrons. The van der Waals surface area contributed by atoms with Gasteiger partial charge in [-0.25, -0.2) is 0 Å². The Hall–Kier alpha value is -1.22. The maximum atomic E-state index is 6.16. The summed E-state index contributed by atoms with van der Waals surface area (Å²) >= 11 is 0. The number of rotatable bonds is 7. The molecule has 1 aliphatic heterocycles. The quantitative estimate of drug-likeness (QED) is 0.762. The predicted octanol–water partition coefficient (Wildman–Crippen LogP) is 4.08. The number of ether oxygens (including phenoxy) is 2. The van der Waals surface area contributed by atoms with Crippen molar-refractivity contribution in [1.29, 1.82) is 0 Å². The van der Waals surface area contributed by atoms with Crippen LogP contribution in [0.15, 0.2) is 18.2 Å². The van der Waals surface area contributed by atoms with Crippen molar-refractivity contribution in [2.24, 2.45) is 0 Å². The summed E-state index contributed by atoms with van der Waals surface area (Å²) in [6.45, 7) is 5.37. The lowest BCUT2D eigenvalue weighted by Crippen LogP contribution is -2.33. The smallest absolute Gasteiger partial charge is 0.124 e. The number of hydrogen-bond donors (Lipinski definition) is 1. The third-order valence-corrected chi connectivity index (χ3v) is 3.96. The Balaban J connectivity index is 2.11. The van der Waals surface area contributed by atoms with Gasteiger partial charge in [-0.3, -0.25) is 0 Å². The molecule has 0 spiro atoms. The molecule has 3 heteroatoms. The fourth-order valence-corrected chi connectivity index (χ4v) is 2.89. The summed E-state index contributed by atoms with van der Waals surface area (Å²) in [6.07, 6.45) is 6.36. The van der Waals surface area contributed by atoms with Gasteiger partial charge in [0.25, 0.3) is 0 Å². The van der Waals surface area contributed by atoms with Gasteiger partial charge >= 0.3 is 0 Å². The van der Waals surface area contributed by atoms with Crippen LogP contribution in [0.4, 0.5) is 0 Å². The molecule has 1 heterocycles. The van der Waals surface area contributed by atoms with E-state index in [1.807, 2.05) is 12.1 Å². The van der Waals surface area contributed by atoms with Gasteiger partial charge < -0.3 is 14.8 Å². The second kappa shape index (κ2) is 7.53. The van der Waals surface area contributed by atoms with E-state index in [1.165, 1.54) is 24.8 Å². The second-order valence-electron chi connectivity index (χ2n) is 5.49. The molecule has 3 nitrogen and oxygen atoms in total. The van der Waals surface area contributed by atoms with Crippen LogP contribution < -0.4 is 14.8 Å². The van der Waals surface area contributed by atoms with Crippen molar-refractivity contribution in [2.45, 2.75) is 58.1 Å². The van der Waals surface area contributed by atoms with Crippen molar-refractivity contribution >= 4 is 0 Å². The molecule has 0 aromatic heterocycles. The number of benzene rings is 1. The Labute approximate surface area is 122 Å². The van der Waals surface area contributed by atoms with Crippen LogP contribution in [0.25, 0.3) is 0 Å². The third-order valence-electron chi connectivity index (χ3n) is 3.96. The molecular weight excluding hydrogens is 250 g/mol. The summed E-state index contributed by atoms with van der Waals surface area (Å²) in [5, 5.41) is 3.58. The van der Waals surface area contributed by atoms with Gasteiger partial charge in [0.05, 0.1) is 7.11 Å². The molecule has 2 unspecified atom stereocenters. The van der Waals surface area contributed by atoms with Crippen LogP contribution in [0.2, 0.25) is 0 Å². The van der Waals surface area contributed by atoms with Crippen LogP contribution in [0, 0.1) is 0 Å². The summed E-state index contributed by atoms with van der Waals surface area (Å²) in [5.41, 5.74) is 1.23. The molecule has 1 aliphatic rings. The molecule has 0 saturated heterocycles. The molecule has 20 heavy (non-hydrogen) atoms. The minimum absolute atomic E-state index is 0.339. The zero-order valence-corrected chi connectivity index (χ0v) is 12.9. The highest BCUT2D eigenvalue weighted by Gasteiger charge is 2.27. The van der Waals surface area contributed by atoms with E-state index < -0.39 is 0 Å². The van der Waals surface area contributed by atoms with Crippen LogP contribution >= 0.6 is 0 Å². The van der Waals surface area contributed by atoms with Gasteiger partial charge in [0.1, 0.15) is 17.6 Å². The molecule has 2 atom stereocenters. The summed E-state index contributed by atoms with van der Waals surface area (Å²) in [6, 6.07) is 6.51. The molecule has 0 amide bonds. The minimum atomic E-state index is 0.339. The minimum Gasteiger partial charge on any atom is -0.497 e. The summed E-state index contributed by atoms with van der Waals surface area (Å²) < 4.78 is 11.5. The van der Waals surface area contributed by atoms with E-state index in [0.29, 0.717) is 12.1 Å². The predicted molar refractivity (Wildman–Crippen MR) is 82.6 cm³/mol. The largest absolute Gasteiger partial charge is 0.497 e. The van der Waals surface area contributed by atoms with Crippen LogP contribution in [0.3, 0.4) is 0 Å². The lowest BCUT2D eigenvalue weighted by atomic mass is 9.93. The Morgan fingerprint density at radius 3 is 2.85 bits per heavy atom. The highest BCUT2D eigenvalue weighted by atomic mass is 16.5. The molecule has 1 aromatic carbocycles. The Morgan fingerprint density at radius 2 is 2.15 bits per heavy atom. The van der Waals surface area contributed by atoms with E-state index in [9.17, 15) is 0 Å². The van der Waals surface area contributed by atoms with Gasteiger partial charge in [0, 0.05) is 18.0 Å². The van der Waals surface area contributed by atoms with Gasteiger partial charge in [-0.15, -0.1) is 0 Å². The number of methoxy groups -OCH3 is 1. The molecule has 0 aliphatic carbocycles. The summed E-state index contributed by atoms with van der Waals surface area (Å²) in [7, 11) is 1.71. The first-order valence-electron chi connectivity index (χ1n) is 7.86. The maximum absolute atomic E-state index is 6.16. The van der Waals surface area contributed by atoms with E-state index in [1.54, 1.807) is 7.11 Å². The average Bonchev–Trinajstić information content (AvgIpc) is 2.47. The van der Waals surface area contributed by atoms with Gasteiger partial charge in [0.2, 0.25) is 0 Å². The van der Waals surface area contributed by atoms with Crippen LogP contribution in [0.5, 0.6) is 11.5 Å². The van der Waals surface area contributed by atoms with Gasteiger partial charge in [0.15, 0.2) is 0 Å². The monoisotopic (exact) mass is 277 g/mol. The van der Waals surface area contributed by atoms with E-state index in [0.717, 1.165) is 30.9 Å². The van der Waals surface area contributed by atoms with Gasteiger partial charge in [-0.2, -0.15) is 0 Å². The van der Waals surface area contributed by atoms with E-state index in [-0.39, 0.29) is 0 Å². The van der Waals surface area contributed by atoms with E-state index in [4.69, 9.17) is 9.47 Å². The van der Waals surface area contributed by atoms with E-state index >= 15 is 0 Å². The molecule has 1 N–H and O–H groups in total. The normalized spacial score (nSPS) is 21.1. The molecule has 0 saturated carbocycles. The zero-order chi connectivity index (χ0) is 14.4. The summed E-state index contributed by atoms with van der Waals surface area (Å²) in [5.74, 6) is 1.92. The fraction of sp³-hybridized carbons (Fsp3) is 0.647. The Kier molecular flexibility index (Phi) is 5.72. The number of unbranched alkanes of at least 4 members (excludes halogenated alkanes) is 2. The first-order chi connectivity index (χ1) is 9.78. The third kappa shape index (κ3) is 3.66. The van der Waals surface area contributed by atoms with Gasteiger partial charge in [-0.05, 0) is 37.6 Å². The lowest BCUT2D eigenvalue weighted by molar-refractivity contribution is 0.138. The van der Waals surface area contributed by atoms with Crippen molar-refractivity contribution in [3.63, 3.8) is 0 Å². The first kappa shape index (κ1) is 15.2. The first-order valence-corrected chi connectivity index (χ1v) is 7.86. The standard InChI is InChI=1S/C17H27NO2/c1-4-6-7-8-14-12-16(18-5-2)15-11-13(19-3)9-10-17(15)20-14/h9-11,14,16,18H,4-8,12H2,1-3H3.